The Bertz CT molecular complexity index is 358. The fourth-order valence-corrected chi connectivity index (χ4v) is 2.84. The van der Waals surface area contributed by atoms with E-state index in [0.29, 0.717) is 0 Å². The molecule has 0 amide bonds. The van der Waals surface area contributed by atoms with Crippen LogP contribution in [-0.2, 0) is 10.3 Å². The highest BCUT2D eigenvalue weighted by molar-refractivity contribution is 7.98. The first-order valence-electron chi connectivity index (χ1n) is 5.95. The first kappa shape index (κ1) is 12.9. The number of pyridine rings is 1. The van der Waals surface area contributed by atoms with Crippen LogP contribution < -0.4 is 0 Å². The zero-order chi connectivity index (χ0) is 12.3. The second-order valence-corrected chi connectivity index (χ2v) is 5.45. The number of rotatable bonds is 3. The van der Waals surface area contributed by atoms with E-state index in [1.807, 2.05) is 6.20 Å². The van der Waals surface area contributed by atoms with E-state index in [1.165, 1.54) is 5.56 Å². The Kier molecular flexibility index (Phi) is 4.07. The van der Waals surface area contributed by atoms with E-state index in [0.717, 1.165) is 31.1 Å². The zero-order valence-electron chi connectivity index (χ0n) is 10.8. The van der Waals surface area contributed by atoms with Gasteiger partial charge >= 0.3 is 0 Å². The molecule has 0 spiro atoms. The molecule has 0 aromatic carbocycles. The van der Waals surface area contributed by atoms with Crippen molar-refractivity contribution in [1.29, 1.82) is 0 Å². The molecule has 0 saturated carbocycles. The van der Waals surface area contributed by atoms with Crippen LogP contribution in [0, 0.1) is 0 Å². The molecule has 0 bridgehead atoms. The number of nitrogens with zero attached hydrogens (tertiary/aromatic N) is 2. The maximum absolute atomic E-state index is 5.49. The summed E-state index contributed by atoms with van der Waals surface area (Å²) >= 11 is 1.68. The minimum atomic E-state index is 0.0994. The summed E-state index contributed by atoms with van der Waals surface area (Å²) in [4.78, 5) is 6.81. The normalized spacial score (nSPS) is 19.5. The maximum Gasteiger partial charge on any atom is 0.0957 e. The van der Waals surface area contributed by atoms with Crippen LogP contribution in [0.1, 0.15) is 18.4 Å². The van der Waals surface area contributed by atoms with Crippen molar-refractivity contribution in [2.75, 3.05) is 33.6 Å². The summed E-state index contributed by atoms with van der Waals surface area (Å²) in [5, 5.41) is 1.08. The minimum absolute atomic E-state index is 0.0994. The Labute approximate surface area is 108 Å². The fourth-order valence-electron chi connectivity index (χ4n) is 2.48. The molecule has 1 fully saturated rings. The molecule has 2 heterocycles. The molecule has 94 valence electrons. The van der Waals surface area contributed by atoms with Gasteiger partial charge in [0.05, 0.1) is 10.6 Å². The standard InChI is InChI=1S/C13H20N2OS/c1-15(2)13(6-8-16-9-7-13)11-4-5-12(17-3)14-10-11/h4-5,10H,6-9H2,1-3H3. The molecular formula is C13H20N2OS. The number of hydrogen-bond donors (Lipinski definition) is 0. The second kappa shape index (κ2) is 5.38. The molecule has 4 heteroatoms. The van der Waals surface area contributed by atoms with Gasteiger partial charge in [-0.1, -0.05) is 6.07 Å². The maximum atomic E-state index is 5.49. The van der Waals surface area contributed by atoms with Crippen LogP contribution in [-0.4, -0.2) is 43.4 Å². The van der Waals surface area contributed by atoms with Crippen molar-refractivity contribution in [2.45, 2.75) is 23.4 Å². The van der Waals surface area contributed by atoms with Gasteiger partial charge in [-0.2, -0.15) is 0 Å². The molecule has 0 atom stereocenters. The van der Waals surface area contributed by atoms with Crippen LogP contribution in [0.3, 0.4) is 0 Å². The van der Waals surface area contributed by atoms with E-state index >= 15 is 0 Å². The van der Waals surface area contributed by atoms with Crippen molar-refractivity contribution < 1.29 is 4.74 Å². The van der Waals surface area contributed by atoms with E-state index in [4.69, 9.17) is 4.74 Å². The lowest BCUT2D eigenvalue weighted by Gasteiger charge is -2.43. The lowest BCUT2D eigenvalue weighted by molar-refractivity contribution is -0.0107. The van der Waals surface area contributed by atoms with Gasteiger partial charge in [0, 0.05) is 19.4 Å². The third kappa shape index (κ3) is 2.49. The zero-order valence-corrected chi connectivity index (χ0v) is 11.6. The molecular weight excluding hydrogens is 232 g/mol. The Morgan fingerprint density at radius 1 is 1.29 bits per heavy atom. The second-order valence-electron chi connectivity index (χ2n) is 4.63. The van der Waals surface area contributed by atoms with Crippen LogP contribution >= 0.6 is 11.8 Å². The predicted molar refractivity (Wildman–Crippen MR) is 71.4 cm³/mol. The number of aromatic nitrogens is 1. The van der Waals surface area contributed by atoms with Crippen LogP contribution in [0.25, 0.3) is 0 Å². The van der Waals surface area contributed by atoms with Crippen molar-refractivity contribution in [3.05, 3.63) is 23.9 Å². The molecule has 0 N–H and O–H groups in total. The van der Waals surface area contributed by atoms with Gasteiger partial charge in [0.15, 0.2) is 0 Å². The molecule has 1 saturated heterocycles. The quantitative estimate of drug-likeness (QED) is 0.771. The van der Waals surface area contributed by atoms with Crippen molar-refractivity contribution in [1.82, 2.24) is 9.88 Å². The smallest absolute Gasteiger partial charge is 0.0957 e. The number of thioether (sulfide) groups is 1. The minimum Gasteiger partial charge on any atom is -0.381 e. The topological polar surface area (TPSA) is 25.4 Å². The highest BCUT2D eigenvalue weighted by Crippen LogP contribution is 2.36. The summed E-state index contributed by atoms with van der Waals surface area (Å²) in [6, 6.07) is 4.32. The lowest BCUT2D eigenvalue weighted by atomic mass is 9.82. The van der Waals surface area contributed by atoms with Gasteiger partial charge in [-0.15, -0.1) is 11.8 Å². The molecule has 1 aliphatic heterocycles. The van der Waals surface area contributed by atoms with Crippen LogP contribution in [0.5, 0.6) is 0 Å². The summed E-state index contributed by atoms with van der Waals surface area (Å²) < 4.78 is 5.49. The predicted octanol–water partition coefficient (Wildman–Crippen LogP) is 2.37. The molecule has 0 aliphatic carbocycles. The molecule has 3 nitrogen and oxygen atoms in total. The van der Waals surface area contributed by atoms with Gasteiger partial charge in [0.25, 0.3) is 0 Å². The summed E-state index contributed by atoms with van der Waals surface area (Å²) in [6.07, 6.45) is 6.16. The van der Waals surface area contributed by atoms with Crippen LogP contribution in [0.4, 0.5) is 0 Å². The molecule has 0 unspecified atom stereocenters. The fraction of sp³-hybridized carbons (Fsp3) is 0.615. The summed E-state index contributed by atoms with van der Waals surface area (Å²) in [5.74, 6) is 0. The van der Waals surface area contributed by atoms with Crippen molar-refractivity contribution in [3.63, 3.8) is 0 Å². The van der Waals surface area contributed by atoms with Gasteiger partial charge in [0.2, 0.25) is 0 Å². The van der Waals surface area contributed by atoms with E-state index < -0.39 is 0 Å². The van der Waals surface area contributed by atoms with Crippen molar-refractivity contribution in [3.8, 4) is 0 Å². The molecule has 1 aromatic rings. The van der Waals surface area contributed by atoms with Crippen LogP contribution in [0.15, 0.2) is 23.4 Å². The number of ether oxygens (including phenoxy) is 1. The summed E-state index contributed by atoms with van der Waals surface area (Å²) in [7, 11) is 4.29. The summed E-state index contributed by atoms with van der Waals surface area (Å²) in [5.41, 5.74) is 1.41. The monoisotopic (exact) mass is 252 g/mol. The highest BCUT2D eigenvalue weighted by atomic mass is 32.2. The van der Waals surface area contributed by atoms with Crippen molar-refractivity contribution in [2.24, 2.45) is 0 Å². The average Bonchev–Trinajstić information content (AvgIpc) is 2.39. The SMILES string of the molecule is CSc1ccc(C2(N(C)C)CCOCC2)cn1. The Morgan fingerprint density at radius 3 is 2.47 bits per heavy atom. The molecule has 2 rings (SSSR count). The summed E-state index contributed by atoms with van der Waals surface area (Å²) in [6.45, 7) is 1.67. The van der Waals surface area contributed by atoms with E-state index in [2.05, 4.69) is 42.4 Å². The lowest BCUT2D eigenvalue weighted by Crippen LogP contribution is -2.45. The third-order valence-corrected chi connectivity index (χ3v) is 4.32. The third-order valence-electron chi connectivity index (χ3n) is 3.66. The van der Waals surface area contributed by atoms with Gasteiger partial charge in [-0.3, -0.25) is 4.90 Å². The van der Waals surface area contributed by atoms with Gasteiger partial charge < -0.3 is 4.74 Å². The molecule has 0 radical (unpaired) electrons. The van der Waals surface area contributed by atoms with E-state index in [-0.39, 0.29) is 5.54 Å². The first-order valence-corrected chi connectivity index (χ1v) is 7.17. The molecule has 1 aliphatic rings. The van der Waals surface area contributed by atoms with Gasteiger partial charge in [-0.25, -0.2) is 4.98 Å². The van der Waals surface area contributed by atoms with Gasteiger partial charge in [0.1, 0.15) is 0 Å². The molecule has 1 aromatic heterocycles. The van der Waals surface area contributed by atoms with E-state index in [1.54, 1.807) is 11.8 Å². The largest absolute Gasteiger partial charge is 0.381 e. The van der Waals surface area contributed by atoms with Crippen LogP contribution in [0.2, 0.25) is 0 Å². The molecule has 17 heavy (non-hydrogen) atoms. The Hall–Kier alpha value is -0.580. The average molecular weight is 252 g/mol. The Morgan fingerprint density at radius 2 is 2.00 bits per heavy atom. The number of hydrogen-bond acceptors (Lipinski definition) is 4. The highest BCUT2D eigenvalue weighted by Gasteiger charge is 2.36. The first-order chi connectivity index (χ1) is 8.19. The van der Waals surface area contributed by atoms with Gasteiger partial charge in [-0.05, 0) is 44.8 Å². The Balaban J connectivity index is 2.31. The van der Waals surface area contributed by atoms with Crippen molar-refractivity contribution >= 4 is 11.8 Å². The van der Waals surface area contributed by atoms with E-state index in [9.17, 15) is 0 Å².